The molecule has 0 spiro atoms. The van der Waals surface area contributed by atoms with Gasteiger partial charge in [0.05, 0.1) is 18.7 Å². The lowest BCUT2D eigenvalue weighted by atomic mass is 10.00. The molecular formula is C24H26BrNO6. The van der Waals surface area contributed by atoms with Crippen LogP contribution in [0.2, 0.25) is 0 Å². The number of carbonyl (C=O) groups is 2. The summed E-state index contributed by atoms with van der Waals surface area (Å²) in [6, 6.07) is 12.9. The molecule has 2 atom stereocenters. The van der Waals surface area contributed by atoms with Gasteiger partial charge in [0, 0.05) is 6.21 Å². The van der Waals surface area contributed by atoms with Crippen LogP contribution in [0.3, 0.4) is 0 Å². The van der Waals surface area contributed by atoms with E-state index < -0.39 is 18.0 Å². The zero-order valence-electron chi connectivity index (χ0n) is 18.4. The first-order valence-electron chi connectivity index (χ1n) is 9.97. The Morgan fingerprint density at radius 3 is 2.44 bits per heavy atom. The van der Waals surface area contributed by atoms with Crippen molar-refractivity contribution in [1.82, 2.24) is 0 Å². The van der Waals surface area contributed by atoms with Crippen LogP contribution in [0.4, 0.5) is 0 Å². The van der Waals surface area contributed by atoms with Crippen LogP contribution in [0.25, 0.3) is 4.48 Å². The van der Waals surface area contributed by atoms with E-state index in [1.807, 2.05) is 13.8 Å². The SMILES string of the molecule is CCC(C)C(N=Cc1cccc(OC(=O)/C(OC)=C(\Br)c2cccc(OC)c2)c1)C(=O)O. The molecule has 1 N–H and O–H groups in total. The third-order valence-electron chi connectivity index (χ3n) is 4.80. The van der Waals surface area contributed by atoms with Crippen LogP contribution >= 0.6 is 15.9 Å². The number of benzene rings is 2. The highest BCUT2D eigenvalue weighted by atomic mass is 79.9. The Morgan fingerprint density at radius 1 is 1.12 bits per heavy atom. The Morgan fingerprint density at radius 2 is 1.81 bits per heavy atom. The molecule has 32 heavy (non-hydrogen) atoms. The summed E-state index contributed by atoms with van der Waals surface area (Å²) in [5.41, 5.74) is 1.29. The van der Waals surface area contributed by atoms with Gasteiger partial charge in [0.25, 0.3) is 0 Å². The van der Waals surface area contributed by atoms with E-state index in [0.717, 1.165) is 0 Å². The Kier molecular flexibility index (Phi) is 9.46. The second-order valence-corrected chi connectivity index (χ2v) is 7.78. The molecule has 7 nitrogen and oxygen atoms in total. The summed E-state index contributed by atoms with van der Waals surface area (Å²) in [7, 11) is 2.93. The maximum Gasteiger partial charge on any atom is 0.380 e. The number of carboxylic acids is 1. The molecule has 0 aliphatic heterocycles. The minimum atomic E-state index is -0.976. The van der Waals surface area contributed by atoms with Gasteiger partial charge < -0.3 is 19.3 Å². The average molecular weight is 504 g/mol. The molecule has 0 heterocycles. The number of rotatable bonds is 10. The summed E-state index contributed by atoms with van der Waals surface area (Å²) in [6.45, 7) is 3.76. The molecule has 2 unspecified atom stereocenters. The number of carboxylic acid groups (broad SMARTS) is 1. The fraction of sp³-hybridized carbons (Fsp3) is 0.292. The van der Waals surface area contributed by atoms with Gasteiger partial charge in [-0.15, -0.1) is 0 Å². The number of aliphatic carboxylic acids is 1. The number of hydrogen-bond acceptors (Lipinski definition) is 6. The first-order valence-corrected chi connectivity index (χ1v) is 10.8. The first-order chi connectivity index (χ1) is 15.3. The molecule has 0 amide bonds. The van der Waals surface area contributed by atoms with E-state index in [0.29, 0.717) is 27.8 Å². The van der Waals surface area contributed by atoms with E-state index in [1.54, 1.807) is 55.6 Å². The third-order valence-corrected chi connectivity index (χ3v) is 5.62. The fourth-order valence-electron chi connectivity index (χ4n) is 2.81. The van der Waals surface area contributed by atoms with E-state index in [9.17, 15) is 14.7 Å². The van der Waals surface area contributed by atoms with Crippen molar-refractivity contribution >= 4 is 38.6 Å². The van der Waals surface area contributed by atoms with Crippen LogP contribution in [0, 0.1) is 5.92 Å². The number of nitrogens with zero attached hydrogens (tertiary/aromatic N) is 1. The van der Waals surface area contributed by atoms with Gasteiger partial charge in [-0.25, -0.2) is 9.59 Å². The van der Waals surface area contributed by atoms with E-state index in [1.165, 1.54) is 13.3 Å². The minimum Gasteiger partial charge on any atom is -0.497 e. The molecule has 0 bridgehead atoms. The van der Waals surface area contributed by atoms with Gasteiger partial charge in [-0.2, -0.15) is 0 Å². The second-order valence-electron chi connectivity index (χ2n) is 6.99. The summed E-state index contributed by atoms with van der Waals surface area (Å²) < 4.78 is 16.4. The second kappa shape index (κ2) is 12.0. The quantitative estimate of drug-likeness (QED) is 0.162. The lowest BCUT2D eigenvalue weighted by molar-refractivity contribution is -0.139. The van der Waals surface area contributed by atoms with Gasteiger partial charge in [0.2, 0.25) is 5.76 Å². The largest absolute Gasteiger partial charge is 0.497 e. The minimum absolute atomic E-state index is 0.0139. The third kappa shape index (κ3) is 6.68. The number of methoxy groups -OCH3 is 2. The summed E-state index contributed by atoms with van der Waals surface area (Å²) in [6.07, 6.45) is 2.17. The molecular weight excluding hydrogens is 478 g/mol. The van der Waals surface area contributed by atoms with Crippen molar-refractivity contribution in [2.75, 3.05) is 14.2 Å². The summed E-state index contributed by atoms with van der Waals surface area (Å²) >= 11 is 3.40. The molecule has 0 fully saturated rings. The lowest BCUT2D eigenvalue weighted by Gasteiger charge is -2.14. The number of carbonyl (C=O) groups excluding carboxylic acids is 1. The Balaban J connectivity index is 2.23. The van der Waals surface area contributed by atoms with Crippen LogP contribution in [-0.2, 0) is 14.3 Å². The number of ether oxygens (including phenoxy) is 3. The van der Waals surface area contributed by atoms with Gasteiger partial charge in [-0.1, -0.05) is 44.5 Å². The van der Waals surface area contributed by atoms with Crippen LogP contribution in [0.15, 0.2) is 59.3 Å². The van der Waals surface area contributed by atoms with Crippen molar-refractivity contribution in [3.8, 4) is 11.5 Å². The van der Waals surface area contributed by atoms with Gasteiger partial charge in [-0.3, -0.25) is 4.99 Å². The van der Waals surface area contributed by atoms with E-state index in [-0.39, 0.29) is 17.4 Å². The number of aliphatic imine (C=N–C) groups is 1. The molecule has 0 saturated carbocycles. The molecule has 0 radical (unpaired) electrons. The van der Waals surface area contributed by atoms with Crippen molar-refractivity contribution in [2.45, 2.75) is 26.3 Å². The molecule has 0 aliphatic rings. The molecule has 170 valence electrons. The zero-order chi connectivity index (χ0) is 23.7. The van der Waals surface area contributed by atoms with Crippen LogP contribution in [0.5, 0.6) is 11.5 Å². The molecule has 0 aliphatic carbocycles. The Labute approximate surface area is 195 Å². The Hall–Kier alpha value is -3.13. The van der Waals surface area contributed by atoms with Gasteiger partial charge in [0.15, 0.2) is 0 Å². The molecule has 2 aromatic carbocycles. The topological polar surface area (TPSA) is 94.4 Å². The highest BCUT2D eigenvalue weighted by molar-refractivity contribution is 9.15. The van der Waals surface area contributed by atoms with Crippen molar-refractivity contribution in [3.63, 3.8) is 0 Å². The summed E-state index contributed by atoms with van der Waals surface area (Å²) in [5, 5.41) is 9.38. The van der Waals surface area contributed by atoms with Gasteiger partial charge in [-0.05, 0) is 57.2 Å². The fourth-order valence-corrected chi connectivity index (χ4v) is 3.38. The summed E-state index contributed by atoms with van der Waals surface area (Å²) in [4.78, 5) is 28.4. The number of esters is 1. The molecule has 0 aromatic heterocycles. The smallest absolute Gasteiger partial charge is 0.380 e. The maximum absolute atomic E-state index is 12.7. The normalized spacial score (nSPS) is 13.8. The van der Waals surface area contributed by atoms with Crippen molar-refractivity contribution < 1.29 is 28.9 Å². The summed E-state index contributed by atoms with van der Waals surface area (Å²) in [5.74, 6) is -0.884. The average Bonchev–Trinajstić information content (AvgIpc) is 2.79. The predicted octanol–water partition coefficient (Wildman–Crippen LogP) is 4.93. The van der Waals surface area contributed by atoms with Crippen molar-refractivity contribution in [3.05, 3.63) is 65.4 Å². The molecule has 8 heteroatoms. The highest BCUT2D eigenvalue weighted by Crippen LogP contribution is 2.29. The molecule has 0 saturated heterocycles. The monoisotopic (exact) mass is 503 g/mol. The van der Waals surface area contributed by atoms with Crippen molar-refractivity contribution in [1.29, 1.82) is 0 Å². The number of hydrogen-bond donors (Lipinski definition) is 1. The molecule has 2 aromatic rings. The van der Waals surface area contributed by atoms with E-state index in [4.69, 9.17) is 14.2 Å². The number of halogens is 1. The maximum atomic E-state index is 12.7. The van der Waals surface area contributed by atoms with Crippen molar-refractivity contribution in [2.24, 2.45) is 10.9 Å². The predicted molar refractivity (Wildman–Crippen MR) is 126 cm³/mol. The van der Waals surface area contributed by atoms with E-state index in [2.05, 4.69) is 20.9 Å². The molecule has 2 rings (SSSR count). The standard InChI is InChI=1S/C24H26BrNO6/c1-5-15(2)21(23(27)28)26-14-16-8-6-11-19(12-16)32-24(29)22(31-4)20(25)17-9-7-10-18(13-17)30-3/h6-15,21H,5H2,1-4H3,(H,27,28)/b22-20+,26-14?. The van der Waals surface area contributed by atoms with Gasteiger partial charge in [0.1, 0.15) is 17.5 Å². The Bertz CT molecular complexity index is 1020. The van der Waals surface area contributed by atoms with Crippen LogP contribution < -0.4 is 9.47 Å². The lowest BCUT2D eigenvalue weighted by Crippen LogP contribution is -2.25. The van der Waals surface area contributed by atoms with Crippen LogP contribution in [0.1, 0.15) is 31.4 Å². The highest BCUT2D eigenvalue weighted by Gasteiger charge is 2.22. The zero-order valence-corrected chi connectivity index (χ0v) is 20.0. The van der Waals surface area contributed by atoms with Crippen LogP contribution in [-0.4, -0.2) is 43.5 Å². The van der Waals surface area contributed by atoms with Gasteiger partial charge >= 0.3 is 11.9 Å². The first kappa shape index (κ1) is 25.1. The van der Waals surface area contributed by atoms with E-state index >= 15 is 0 Å².